The van der Waals surface area contributed by atoms with Crippen molar-refractivity contribution in [2.24, 2.45) is 10.8 Å². The molecule has 1 aromatic carbocycles. The standard InChI is InChI=1S/C23H36O/c1-3-23(17-18-23)14-7-4-9-19-10-8-12-21(24)20(19)11-5-6-13-22(2)15-16-22/h8,10,12,24H,3-7,9,11,13-18H2,1-2H3. The van der Waals surface area contributed by atoms with Crippen molar-refractivity contribution in [1.29, 1.82) is 0 Å². The largest absolute Gasteiger partial charge is 0.508 e. The van der Waals surface area contributed by atoms with Crippen molar-refractivity contribution in [2.75, 3.05) is 0 Å². The van der Waals surface area contributed by atoms with Gasteiger partial charge in [-0.25, -0.2) is 0 Å². The van der Waals surface area contributed by atoms with Crippen molar-refractivity contribution >= 4 is 0 Å². The molecule has 0 aromatic heterocycles. The molecule has 0 saturated heterocycles. The van der Waals surface area contributed by atoms with Gasteiger partial charge in [0.25, 0.3) is 0 Å². The molecule has 1 heteroatoms. The molecular weight excluding hydrogens is 292 g/mol. The fourth-order valence-corrected chi connectivity index (χ4v) is 4.23. The fraction of sp³-hybridized carbons (Fsp3) is 0.739. The van der Waals surface area contributed by atoms with Crippen LogP contribution in [0.4, 0.5) is 0 Å². The van der Waals surface area contributed by atoms with E-state index in [2.05, 4.69) is 19.9 Å². The first-order chi connectivity index (χ1) is 11.6. The van der Waals surface area contributed by atoms with Crippen LogP contribution in [0.5, 0.6) is 5.75 Å². The minimum atomic E-state index is 0.525. The molecule has 0 heterocycles. The maximum Gasteiger partial charge on any atom is 0.119 e. The normalized spacial score (nSPS) is 20.1. The van der Waals surface area contributed by atoms with Gasteiger partial charge in [-0.1, -0.05) is 45.2 Å². The Morgan fingerprint density at radius 1 is 0.917 bits per heavy atom. The van der Waals surface area contributed by atoms with E-state index in [9.17, 15) is 5.11 Å². The molecule has 0 unspecified atom stereocenters. The molecule has 0 bridgehead atoms. The summed E-state index contributed by atoms with van der Waals surface area (Å²) in [7, 11) is 0. The summed E-state index contributed by atoms with van der Waals surface area (Å²) in [6, 6.07) is 6.13. The van der Waals surface area contributed by atoms with Gasteiger partial charge in [-0.2, -0.15) is 0 Å². The topological polar surface area (TPSA) is 20.2 Å². The van der Waals surface area contributed by atoms with E-state index >= 15 is 0 Å². The van der Waals surface area contributed by atoms with Gasteiger partial charge in [-0.05, 0) is 92.2 Å². The molecule has 2 aliphatic carbocycles. The minimum Gasteiger partial charge on any atom is -0.508 e. The van der Waals surface area contributed by atoms with Crippen LogP contribution >= 0.6 is 0 Å². The molecule has 1 aromatic rings. The summed E-state index contributed by atoms with van der Waals surface area (Å²) >= 11 is 0. The van der Waals surface area contributed by atoms with Gasteiger partial charge in [0.2, 0.25) is 0 Å². The molecule has 0 spiro atoms. The van der Waals surface area contributed by atoms with Gasteiger partial charge in [0.15, 0.2) is 0 Å². The molecule has 2 fully saturated rings. The van der Waals surface area contributed by atoms with Crippen LogP contribution in [-0.2, 0) is 12.8 Å². The summed E-state index contributed by atoms with van der Waals surface area (Å²) in [6.45, 7) is 4.77. The average Bonchev–Trinajstić information content (AvgIpc) is 3.49. The number of hydrogen-bond donors (Lipinski definition) is 1. The number of unbranched alkanes of at least 4 members (excludes halogenated alkanes) is 2. The van der Waals surface area contributed by atoms with Crippen LogP contribution in [0, 0.1) is 10.8 Å². The molecule has 134 valence electrons. The predicted molar refractivity (Wildman–Crippen MR) is 103 cm³/mol. The van der Waals surface area contributed by atoms with E-state index in [1.807, 2.05) is 12.1 Å². The number of aryl methyl sites for hydroxylation is 1. The highest BCUT2D eigenvalue weighted by Gasteiger charge is 2.39. The zero-order valence-corrected chi connectivity index (χ0v) is 15.9. The van der Waals surface area contributed by atoms with E-state index in [-0.39, 0.29) is 0 Å². The Bertz CT molecular complexity index is 537. The Morgan fingerprint density at radius 3 is 2.29 bits per heavy atom. The fourth-order valence-electron chi connectivity index (χ4n) is 4.23. The van der Waals surface area contributed by atoms with Crippen molar-refractivity contribution in [3.8, 4) is 5.75 Å². The second kappa shape index (κ2) is 7.50. The smallest absolute Gasteiger partial charge is 0.119 e. The zero-order valence-electron chi connectivity index (χ0n) is 15.9. The maximum absolute atomic E-state index is 10.3. The number of hydrogen-bond acceptors (Lipinski definition) is 1. The summed E-state index contributed by atoms with van der Waals surface area (Å²) in [5.41, 5.74) is 4.02. The Morgan fingerprint density at radius 2 is 1.62 bits per heavy atom. The third-order valence-electron chi connectivity index (χ3n) is 6.92. The molecule has 1 N–H and O–H groups in total. The Balaban J connectivity index is 1.44. The molecule has 0 amide bonds. The van der Waals surface area contributed by atoms with Gasteiger partial charge in [0.1, 0.15) is 5.75 Å². The molecule has 24 heavy (non-hydrogen) atoms. The van der Waals surface area contributed by atoms with Crippen molar-refractivity contribution in [2.45, 2.75) is 97.3 Å². The lowest BCUT2D eigenvalue weighted by Gasteiger charge is -2.14. The van der Waals surface area contributed by atoms with E-state index in [0.717, 1.165) is 18.3 Å². The first-order valence-corrected chi connectivity index (χ1v) is 10.4. The Hall–Kier alpha value is -0.980. The van der Waals surface area contributed by atoms with Gasteiger partial charge in [-0.15, -0.1) is 0 Å². The summed E-state index contributed by atoms with van der Waals surface area (Å²) in [5, 5.41) is 10.3. The van der Waals surface area contributed by atoms with Crippen molar-refractivity contribution < 1.29 is 5.11 Å². The van der Waals surface area contributed by atoms with E-state index in [4.69, 9.17) is 0 Å². The number of phenolic OH excluding ortho intramolecular Hbond substituents is 1. The molecule has 0 radical (unpaired) electrons. The summed E-state index contributed by atoms with van der Waals surface area (Å²) < 4.78 is 0. The van der Waals surface area contributed by atoms with Crippen LogP contribution in [-0.4, -0.2) is 5.11 Å². The van der Waals surface area contributed by atoms with Gasteiger partial charge in [-0.3, -0.25) is 0 Å². The average molecular weight is 329 g/mol. The van der Waals surface area contributed by atoms with Gasteiger partial charge < -0.3 is 5.11 Å². The molecular formula is C23H36O. The molecule has 0 aliphatic heterocycles. The van der Waals surface area contributed by atoms with Crippen LogP contribution in [0.15, 0.2) is 18.2 Å². The van der Waals surface area contributed by atoms with Crippen molar-refractivity contribution in [1.82, 2.24) is 0 Å². The number of benzene rings is 1. The first-order valence-electron chi connectivity index (χ1n) is 10.4. The lowest BCUT2D eigenvalue weighted by Crippen LogP contribution is -2.00. The third kappa shape index (κ3) is 4.77. The minimum absolute atomic E-state index is 0.525. The lowest BCUT2D eigenvalue weighted by atomic mass is 9.92. The quantitative estimate of drug-likeness (QED) is 0.442. The van der Waals surface area contributed by atoms with Crippen LogP contribution in [0.3, 0.4) is 0 Å². The highest BCUT2D eigenvalue weighted by molar-refractivity contribution is 5.39. The summed E-state index contributed by atoms with van der Waals surface area (Å²) in [4.78, 5) is 0. The second-order valence-corrected chi connectivity index (χ2v) is 8.99. The first kappa shape index (κ1) is 17.8. The van der Waals surface area contributed by atoms with Crippen LogP contribution in [0.2, 0.25) is 0 Å². The second-order valence-electron chi connectivity index (χ2n) is 8.99. The Labute approximate surface area is 148 Å². The maximum atomic E-state index is 10.3. The zero-order chi connectivity index (χ0) is 17.0. The molecule has 2 saturated carbocycles. The number of aromatic hydroxyl groups is 1. The van der Waals surface area contributed by atoms with E-state index in [0.29, 0.717) is 11.2 Å². The lowest BCUT2D eigenvalue weighted by molar-refractivity contribution is 0.425. The summed E-state index contributed by atoms with van der Waals surface area (Å²) in [5.74, 6) is 0.525. The van der Waals surface area contributed by atoms with Crippen LogP contribution < -0.4 is 0 Å². The SMILES string of the molecule is CCC1(CCCCc2cccc(O)c2CCCCC2(C)CC2)CC1. The number of phenols is 1. The highest BCUT2D eigenvalue weighted by atomic mass is 16.3. The molecule has 2 aliphatic rings. The van der Waals surface area contributed by atoms with E-state index in [1.165, 1.54) is 81.8 Å². The van der Waals surface area contributed by atoms with Crippen LogP contribution in [0.1, 0.15) is 95.6 Å². The monoisotopic (exact) mass is 328 g/mol. The van der Waals surface area contributed by atoms with Crippen molar-refractivity contribution in [3.63, 3.8) is 0 Å². The number of rotatable bonds is 11. The Kier molecular flexibility index (Phi) is 5.57. The van der Waals surface area contributed by atoms with Crippen molar-refractivity contribution in [3.05, 3.63) is 29.3 Å². The molecule has 1 nitrogen and oxygen atoms in total. The van der Waals surface area contributed by atoms with Gasteiger partial charge in [0, 0.05) is 0 Å². The molecule has 0 atom stereocenters. The van der Waals surface area contributed by atoms with Gasteiger partial charge in [0.05, 0.1) is 0 Å². The third-order valence-corrected chi connectivity index (χ3v) is 6.92. The van der Waals surface area contributed by atoms with Gasteiger partial charge >= 0.3 is 0 Å². The highest BCUT2D eigenvalue weighted by Crippen LogP contribution is 2.52. The van der Waals surface area contributed by atoms with Crippen LogP contribution in [0.25, 0.3) is 0 Å². The molecule has 3 rings (SSSR count). The predicted octanol–water partition coefficient (Wildman–Crippen LogP) is 6.81. The van der Waals surface area contributed by atoms with E-state index < -0.39 is 0 Å². The van der Waals surface area contributed by atoms with E-state index in [1.54, 1.807) is 0 Å². The summed E-state index contributed by atoms with van der Waals surface area (Å²) in [6.07, 6.45) is 17.3.